The van der Waals surface area contributed by atoms with E-state index in [1.54, 1.807) is 0 Å². The fraction of sp³-hybridized carbons (Fsp3) is 0.273. The number of hydrogen-bond donors (Lipinski definition) is 1. The summed E-state index contributed by atoms with van der Waals surface area (Å²) in [5.41, 5.74) is 4.97. The van der Waals surface area contributed by atoms with Crippen molar-refractivity contribution < 1.29 is 34.4 Å². The van der Waals surface area contributed by atoms with Crippen molar-refractivity contribution in [3.8, 4) is 11.3 Å². The number of rotatable bonds is 3. The molecule has 3 aromatic carbocycles. The minimum atomic E-state index is -1.94. The maximum atomic E-state index is 10.0. The molecule has 0 fully saturated rings. The second-order valence-electron chi connectivity index (χ2n) is 11.9. The minimum Gasteiger partial charge on any atom is 0 e. The fourth-order valence-corrected chi connectivity index (χ4v) is 7.04. The van der Waals surface area contributed by atoms with Crippen molar-refractivity contribution in [2.24, 2.45) is 0 Å². The Morgan fingerprint density at radius 2 is 1.67 bits per heavy atom. The number of furan rings is 1. The van der Waals surface area contributed by atoms with Gasteiger partial charge < -0.3 is 5.11 Å². The van der Waals surface area contributed by atoms with Crippen LogP contribution in [0.2, 0.25) is 17.3 Å². The Kier molecular flexibility index (Phi) is 9.32. The predicted molar refractivity (Wildman–Crippen MR) is 162 cm³/mol. The first kappa shape index (κ1) is 30.8. The number of nitrogens with zero attached hydrogens (tertiary/aromatic N) is 1. The van der Waals surface area contributed by atoms with Gasteiger partial charge in [0.25, 0.3) is 0 Å². The van der Waals surface area contributed by atoms with Crippen molar-refractivity contribution in [2.75, 3.05) is 0 Å². The molecule has 4 nitrogen and oxygen atoms in total. The smallest absolute Gasteiger partial charge is 0 e. The van der Waals surface area contributed by atoms with E-state index in [4.69, 9.17) is 14.5 Å². The van der Waals surface area contributed by atoms with Crippen molar-refractivity contribution in [1.29, 1.82) is 0 Å². The Hall–Kier alpha value is -2.73. The number of aromatic nitrogens is 1. The molecule has 0 unspecified atom stereocenters. The number of aliphatic hydroxyl groups is 1. The van der Waals surface area contributed by atoms with Crippen LogP contribution in [0.1, 0.15) is 40.2 Å². The molecule has 0 aliphatic rings. The molecule has 0 amide bonds. The Morgan fingerprint density at radius 1 is 0.974 bits per heavy atom. The molecular formula is C33H36GeIrNO3-. The first-order chi connectivity index (χ1) is 17.8. The fourth-order valence-electron chi connectivity index (χ4n) is 4.63. The molecule has 1 radical (unpaired) electrons. The molecule has 5 rings (SSSR count). The third-order valence-corrected chi connectivity index (χ3v) is 10.8. The van der Waals surface area contributed by atoms with Gasteiger partial charge in [-0.05, 0) is 13.8 Å². The minimum absolute atomic E-state index is 0. The van der Waals surface area contributed by atoms with Crippen LogP contribution in [0.4, 0.5) is 0 Å². The Balaban J connectivity index is 0.000000468. The van der Waals surface area contributed by atoms with Gasteiger partial charge in [0.05, 0.1) is 5.76 Å². The largest absolute Gasteiger partial charge is 0 e. The molecular weight excluding hydrogens is 723 g/mol. The van der Waals surface area contributed by atoms with Crippen LogP contribution in [0, 0.1) is 6.07 Å². The van der Waals surface area contributed by atoms with Crippen molar-refractivity contribution in [2.45, 2.75) is 57.3 Å². The number of benzene rings is 3. The molecule has 0 bridgehead atoms. The zero-order valence-corrected chi connectivity index (χ0v) is 28.4. The monoisotopic (exact) mass is 761 g/mol. The molecule has 0 atom stereocenters. The quantitative estimate of drug-likeness (QED) is 0.0869. The molecule has 2 heterocycles. The number of hydrogen-bond acceptors (Lipinski definition) is 4. The van der Waals surface area contributed by atoms with Crippen molar-refractivity contribution in [3.63, 3.8) is 0 Å². The van der Waals surface area contributed by atoms with Crippen LogP contribution in [0.5, 0.6) is 0 Å². The summed E-state index contributed by atoms with van der Waals surface area (Å²) in [6.07, 6.45) is 3.06. The third-order valence-electron chi connectivity index (χ3n) is 6.50. The van der Waals surface area contributed by atoms with Gasteiger partial charge in [-0.3, -0.25) is 4.79 Å². The topological polar surface area (TPSA) is 63.3 Å². The number of carbonyl (C=O) groups excluding carboxylic acids is 1. The maximum absolute atomic E-state index is 10.0. The number of allylic oxidation sites excluding steroid dienone is 2. The van der Waals surface area contributed by atoms with Crippen LogP contribution in [-0.4, -0.2) is 29.1 Å². The van der Waals surface area contributed by atoms with E-state index in [-0.39, 0.29) is 37.1 Å². The van der Waals surface area contributed by atoms with E-state index in [9.17, 15) is 4.79 Å². The average Bonchev–Trinajstić information content (AvgIpc) is 3.20. The zero-order valence-electron chi connectivity index (χ0n) is 23.9. The summed E-state index contributed by atoms with van der Waals surface area (Å²) < 4.78 is 7.91. The van der Waals surface area contributed by atoms with E-state index in [0.717, 1.165) is 38.6 Å². The summed E-state index contributed by atoms with van der Waals surface area (Å²) in [6, 6.07) is 23.2. The summed E-state index contributed by atoms with van der Waals surface area (Å²) in [5.74, 6) is 7.17. The first-order valence-corrected chi connectivity index (χ1v) is 20.3. The third kappa shape index (κ3) is 6.89. The number of pyridine rings is 1. The SMILES string of the molecule is CC(=O)/C=C(/C)O.CC(C)(C)c1cc(-c2nccc3c2oc2c[c]([Ge]([CH3])([CH3])[CH3])ccc23)[c-]c2ccccc12.[Ir]. The van der Waals surface area contributed by atoms with Gasteiger partial charge in [-0.1, -0.05) is 0 Å². The van der Waals surface area contributed by atoms with Crippen molar-refractivity contribution in [3.05, 3.63) is 84.3 Å². The van der Waals surface area contributed by atoms with Crippen LogP contribution in [0.3, 0.4) is 0 Å². The van der Waals surface area contributed by atoms with Crippen LogP contribution in [-0.2, 0) is 30.3 Å². The average molecular weight is 759 g/mol. The molecule has 6 heteroatoms. The zero-order chi connectivity index (χ0) is 27.8. The van der Waals surface area contributed by atoms with Gasteiger partial charge in [0.15, 0.2) is 5.78 Å². The summed E-state index contributed by atoms with van der Waals surface area (Å²) >= 11 is -1.94. The molecule has 5 aromatic rings. The second-order valence-corrected chi connectivity index (χ2v) is 22.5. The molecule has 0 spiro atoms. The van der Waals surface area contributed by atoms with Crippen LogP contribution in [0.15, 0.2) is 77.0 Å². The van der Waals surface area contributed by atoms with E-state index in [1.165, 1.54) is 35.3 Å². The van der Waals surface area contributed by atoms with Crippen LogP contribution < -0.4 is 4.40 Å². The van der Waals surface area contributed by atoms with Gasteiger partial charge in [-0.2, -0.15) is 0 Å². The van der Waals surface area contributed by atoms with Gasteiger partial charge in [0, 0.05) is 26.2 Å². The summed E-state index contributed by atoms with van der Waals surface area (Å²) in [4.78, 5) is 14.8. The van der Waals surface area contributed by atoms with Crippen molar-refractivity contribution >= 4 is 56.2 Å². The Bertz CT molecular complexity index is 1680. The summed E-state index contributed by atoms with van der Waals surface area (Å²) in [7, 11) is 0. The standard InChI is InChI=1S/C28H28GeNO.C5H8O2.Ir/c1-28(2,3)24-16-19(15-18-9-7-8-10-21(18)24)26-27-23(13-14-30-26)22-12-11-20(29(4,5)6)17-25(22)31-27;1-4(6)3-5(2)7;/h7-14,16-17H,1-6H3;3,6H,1-2H3;/q-1;;/b;4-3-;. The molecule has 0 saturated carbocycles. The Morgan fingerprint density at radius 3 is 2.26 bits per heavy atom. The summed E-state index contributed by atoms with van der Waals surface area (Å²) in [6.45, 7) is 9.62. The van der Waals surface area contributed by atoms with Crippen LogP contribution in [0.25, 0.3) is 44.0 Å². The Labute approximate surface area is 247 Å². The van der Waals surface area contributed by atoms with Crippen LogP contribution >= 0.6 is 0 Å². The number of ketones is 1. The van der Waals surface area contributed by atoms with Crippen molar-refractivity contribution in [1.82, 2.24) is 4.98 Å². The van der Waals surface area contributed by atoms with Gasteiger partial charge in [0.2, 0.25) is 0 Å². The van der Waals surface area contributed by atoms with E-state index in [0.29, 0.717) is 0 Å². The molecule has 39 heavy (non-hydrogen) atoms. The second kappa shape index (κ2) is 11.8. The predicted octanol–water partition coefficient (Wildman–Crippen LogP) is 8.48. The van der Waals surface area contributed by atoms with Gasteiger partial charge in [-0.25, -0.2) is 0 Å². The number of carbonyl (C=O) groups is 1. The molecule has 0 saturated heterocycles. The molecule has 1 N–H and O–H groups in total. The first-order valence-electron chi connectivity index (χ1n) is 12.9. The van der Waals surface area contributed by atoms with E-state index in [1.807, 2.05) is 6.20 Å². The number of fused-ring (bicyclic) bond motifs is 4. The van der Waals surface area contributed by atoms with E-state index < -0.39 is 13.3 Å². The molecule has 0 aliphatic carbocycles. The van der Waals surface area contributed by atoms with Gasteiger partial charge >= 0.3 is 187 Å². The molecule has 0 aliphatic heterocycles. The molecule has 205 valence electrons. The maximum Gasteiger partial charge on any atom is 0 e. The number of aliphatic hydroxyl groups excluding tert-OH is 1. The van der Waals surface area contributed by atoms with E-state index in [2.05, 4.69) is 98.7 Å². The summed E-state index contributed by atoms with van der Waals surface area (Å²) in [5, 5.41) is 13.0. The van der Waals surface area contributed by atoms with Gasteiger partial charge in [-0.15, -0.1) is 0 Å². The molecule has 2 aromatic heterocycles. The van der Waals surface area contributed by atoms with Gasteiger partial charge in [0.1, 0.15) is 0 Å². The normalized spacial score (nSPS) is 12.3. The van der Waals surface area contributed by atoms with E-state index >= 15 is 0 Å².